The van der Waals surface area contributed by atoms with Crippen LogP contribution >= 0.6 is 0 Å². The Morgan fingerprint density at radius 2 is 2.10 bits per heavy atom. The summed E-state index contributed by atoms with van der Waals surface area (Å²) < 4.78 is 38.1. The van der Waals surface area contributed by atoms with E-state index >= 15 is 0 Å². The molecule has 1 aliphatic carbocycles. The predicted molar refractivity (Wildman–Crippen MR) is 68.8 cm³/mol. The molecule has 1 aliphatic rings. The molecule has 1 unspecified atom stereocenters. The quantitative estimate of drug-likeness (QED) is 0.864. The molecule has 1 saturated carbocycles. The van der Waals surface area contributed by atoms with Gasteiger partial charge in [0.1, 0.15) is 0 Å². The highest BCUT2D eigenvalue weighted by atomic mass is 19.4. The first-order valence-electron chi connectivity index (χ1n) is 6.47. The lowest BCUT2D eigenvalue weighted by Crippen LogP contribution is -2.16. The summed E-state index contributed by atoms with van der Waals surface area (Å²) in [6, 6.07) is 3.13. The average Bonchev–Trinajstić information content (AvgIpc) is 3.18. The molecular formula is C14H16F3NO2. The largest absolute Gasteiger partial charge is 0.478 e. The third-order valence-corrected chi connectivity index (χ3v) is 3.61. The number of carboxylic acids is 1. The molecule has 0 aromatic heterocycles. The van der Waals surface area contributed by atoms with Gasteiger partial charge in [-0.1, -0.05) is 6.92 Å². The highest BCUT2D eigenvalue weighted by Crippen LogP contribution is 2.37. The Labute approximate surface area is 114 Å². The Hall–Kier alpha value is -1.72. The van der Waals surface area contributed by atoms with Gasteiger partial charge in [-0.2, -0.15) is 13.2 Å². The maximum Gasteiger partial charge on any atom is 0.417 e. The van der Waals surface area contributed by atoms with Crippen molar-refractivity contribution >= 4 is 11.7 Å². The van der Waals surface area contributed by atoms with Crippen molar-refractivity contribution in [2.45, 2.75) is 25.9 Å². The number of nitrogens with one attached hydrogen (secondary N) is 1. The maximum atomic E-state index is 12.7. The monoisotopic (exact) mass is 287 g/mol. The van der Waals surface area contributed by atoms with E-state index in [0.29, 0.717) is 24.1 Å². The van der Waals surface area contributed by atoms with E-state index in [2.05, 4.69) is 12.2 Å². The first kappa shape index (κ1) is 14.7. The molecule has 3 nitrogen and oxygen atoms in total. The van der Waals surface area contributed by atoms with Crippen molar-refractivity contribution in [2.24, 2.45) is 11.8 Å². The summed E-state index contributed by atoms with van der Waals surface area (Å²) in [7, 11) is 0. The SMILES string of the molecule is CC(CNc1ccc(C(F)(F)F)c(C(=O)O)c1)C1CC1. The van der Waals surface area contributed by atoms with Crippen molar-refractivity contribution in [3.05, 3.63) is 29.3 Å². The molecule has 2 N–H and O–H groups in total. The second-order valence-corrected chi connectivity index (χ2v) is 5.26. The van der Waals surface area contributed by atoms with Crippen LogP contribution in [0.5, 0.6) is 0 Å². The molecule has 0 amide bonds. The third-order valence-electron chi connectivity index (χ3n) is 3.61. The van der Waals surface area contributed by atoms with E-state index in [9.17, 15) is 18.0 Å². The van der Waals surface area contributed by atoms with Gasteiger partial charge >= 0.3 is 12.1 Å². The number of benzene rings is 1. The minimum absolute atomic E-state index is 0.405. The van der Waals surface area contributed by atoms with Gasteiger partial charge in [-0.3, -0.25) is 0 Å². The van der Waals surface area contributed by atoms with Crippen LogP contribution in [0.1, 0.15) is 35.7 Å². The second-order valence-electron chi connectivity index (χ2n) is 5.26. The van der Waals surface area contributed by atoms with Crippen LogP contribution < -0.4 is 5.32 Å². The zero-order valence-corrected chi connectivity index (χ0v) is 11.0. The van der Waals surface area contributed by atoms with Crippen molar-refractivity contribution in [3.8, 4) is 0 Å². The fourth-order valence-corrected chi connectivity index (χ4v) is 2.19. The summed E-state index contributed by atoms with van der Waals surface area (Å²) in [5, 5.41) is 11.9. The Balaban J connectivity index is 2.14. The summed E-state index contributed by atoms with van der Waals surface area (Å²) >= 11 is 0. The predicted octanol–water partition coefficient (Wildman–Crippen LogP) is 3.86. The molecule has 0 aliphatic heterocycles. The number of anilines is 1. The zero-order valence-electron chi connectivity index (χ0n) is 11.0. The fourth-order valence-electron chi connectivity index (χ4n) is 2.19. The highest BCUT2D eigenvalue weighted by Gasteiger charge is 2.35. The van der Waals surface area contributed by atoms with E-state index < -0.39 is 23.3 Å². The molecule has 6 heteroatoms. The summed E-state index contributed by atoms with van der Waals surface area (Å²) in [4.78, 5) is 10.9. The molecule has 1 aromatic carbocycles. The zero-order chi connectivity index (χ0) is 14.9. The second kappa shape index (κ2) is 5.34. The van der Waals surface area contributed by atoms with E-state index in [1.165, 1.54) is 18.9 Å². The van der Waals surface area contributed by atoms with E-state index in [0.717, 1.165) is 12.1 Å². The number of hydrogen-bond acceptors (Lipinski definition) is 2. The number of carboxylic acid groups (broad SMARTS) is 1. The molecule has 1 fully saturated rings. The lowest BCUT2D eigenvalue weighted by Gasteiger charge is -2.15. The first-order chi connectivity index (χ1) is 9.29. The number of halogens is 3. The summed E-state index contributed by atoms with van der Waals surface area (Å²) in [5.74, 6) is -0.460. The lowest BCUT2D eigenvalue weighted by molar-refractivity contribution is -0.138. The van der Waals surface area contributed by atoms with Gasteiger partial charge in [0.2, 0.25) is 0 Å². The van der Waals surface area contributed by atoms with Gasteiger partial charge in [-0.15, -0.1) is 0 Å². The molecule has 1 aromatic rings. The lowest BCUT2D eigenvalue weighted by atomic mass is 10.0. The van der Waals surface area contributed by atoms with Crippen LogP contribution in [-0.4, -0.2) is 17.6 Å². The van der Waals surface area contributed by atoms with Crippen molar-refractivity contribution < 1.29 is 23.1 Å². The number of hydrogen-bond donors (Lipinski definition) is 2. The van der Waals surface area contributed by atoms with Gasteiger partial charge in [-0.05, 0) is 42.9 Å². The molecular weight excluding hydrogens is 271 g/mol. The number of alkyl halides is 3. The molecule has 1 atom stereocenters. The molecule has 20 heavy (non-hydrogen) atoms. The standard InChI is InChI=1S/C14H16F3NO2/c1-8(9-2-3-9)7-18-10-4-5-12(14(15,16)17)11(6-10)13(19)20/h4-6,8-9,18H,2-3,7H2,1H3,(H,19,20). The van der Waals surface area contributed by atoms with Gasteiger partial charge in [0.05, 0.1) is 11.1 Å². The van der Waals surface area contributed by atoms with Crippen molar-refractivity contribution in [1.29, 1.82) is 0 Å². The normalized spacial score (nSPS) is 16.8. The van der Waals surface area contributed by atoms with E-state index in [1.54, 1.807) is 0 Å². The molecule has 0 spiro atoms. The summed E-state index contributed by atoms with van der Waals surface area (Å²) in [6.07, 6.45) is -2.28. The van der Waals surface area contributed by atoms with E-state index in [4.69, 9.17) is 5.11 Å². The fraction of sp³-hybridized carbons (Fsp3) is 0.500. The number of aromatic carboxylic acids is 1. The molecule has 0 radical (unpaired) electrons. The van der Waals surface area contributed by atoms with Gasteiger partial charge < -0.3 is 10.4 Å². The Kier molecular flexibility index (Phi) is 3.92. The molecule has 110 valence electrons. The topological polar surface area (TPSA) is 49.3 Å². The van der Waals surface area contributed by atoms with Crippen LogP contribution in [0.4, 0.5) is 18.9 Å². The smallest absolute Gasteiger partial charge is 0.417 e. The molecule has 0 bridgehead atoms. The van der Waals surface area contributed by atoms with Crippen molar-refractivity contribution in [3.63, 3.8) is 0 Å². The Bertz CT molecular complexity index is 510. The Morgan fingerprint density at radius 3 is 2.60 bits per heavy atom. The van der Waals surface area contributed by atoms with Crippen molar-refractivity contribution in [1.82, 2.24) is 0 Å². The van der Waals surface area contributed by atoms with Crippen LogP contribution in [-0.2, 0) is 6.18 Å². The van der Waals surface area contributed by atoms with Crippen LogP contribution in [0.2, 0.25) is 0 Å². The maximum absolute atomic E-state index is 12.7. The van der Waals surface area contributed by atoms with Gasteiger partial charge in [0.25, 0.3) is 0 Å². The van der Waals surface area contributed by atoms with Crippen LogP contribution in [0.15, 0.2) is 18.2 Å². The van der Waals surface area contributed by atoms with Crippen molar-refractivity contribution in [2.75, 3.05) is 11.9 Å². The average molecular weight is 287 g/mol. The number of rotatable bonds is 5. The van der Waals surface area contributed by atoms with Crippen LogP contribution in [0, 0.1) is 11.8 Å². The van der Waals surface area contributed by atoms with E-state index in [-0.39, 0.29) is 0 Å². The van der Waals surface area contributed by atoms with Gasteiger partial charge in [0, 0.05) is 12.2 Å². The summed E-state index contributed by atoms with van der Waals surface area (Å²) in [6.45, 7) is 2.71. The molecule has 0 saturated heterocycles. The summed E-state index contributed by atoms with van der Waals surface area (Å²) in [5.41, 5.74) is -1.43. The van der Waals surface area contributed by atoms with Crippen LogP contribution in [0.25, 0.3) is 0 Å². The van der Waals surface area contributed by atoms with Crippen LogP contribution in [0.3, 0.4) is 0 Å². The van der Waals surface area contributed by atoms with Gasteiger partial charge in [0.15, 0.2) is 0 Å². The first-order valence-corrected chi connectivity index (χ1v) is 6.47. The number of carbonyl (C=O) groups is 1. The van der Waals surface area contributed by atoms with E-state index in [1.807, 2.05) is 0 Å². The third kappa shape index (κ3) is 3.43. The minimum atomic E-state index is -4.66. The molecule has 2 rings (SSSR count). The minimum Gasteiger partial charge on any atom is -0.478 e. The molecule has 0 heterocycles. The highest BCUT2D eigenvalue weighted by molar-refractivity contribution is 5.91. The Morgan fingerprint density at radius 1 is 1.45 bits per heavy atom. The van der Waals surface area contributed by atoms with Gasteiger partial charge in [-0.25, -0.2) is 4.79 Å².